The molecule has 2 aromatic rings. The molecular weight excluding hydrogens is 336 g/mol. The van der Waals surface area contributed by atoms with Gasteiger partial charge in [-0.3, -0.25) is 4.99 Å². The number of aliphatic imine (C=N–C) groups is 1. The van der Waals surface area contributed by atoms with Crippen molar-refractivity contribution in [2.45, 2.75) is 32.9 Å². The van der Waals surface area contributed by atoms with E-state index >= 15 is 0 Å². The van der Waals surface area contributed by atoms with Crippen molar-refractivity contribution in [2.24, 2.45) is 4.99 Å². The molecule has 27 heavy (non-hydrogen) atoms. The van der Waals surface area contributed by atoms with Crippen molar-refractivity contribution in [2.75, 3.05) is 31.6 Å². The highest BCUT2D eigenvalue weighted by molar-refractivity contribution is 5.80. The van der Waals surface area contributed by atoms with Crippen LogP contribution in [-0.4, -0.2) is 38.7 Å². The third kappa shape index (κ3) is 5.16. The van der Waals surface area contributed by atoms with Crippen LogP contribution in [0.3, 0.4) is 0 Å². The predicted molar refractivity (Wildman–Crippen MR) is 113 cm³/mol. The average Bonchev–Trinajstić information content (AvgIpc) is 3.16. The lowest BCUT2D eigenvalue weighted by molar-refractivity contribution is 0.338. The Morgan fingerprint density at radius 2 is 2.04 bits per heavy atom. The van der Waals surface area contributed by atoms with E-state index in [4.69, 9.17) is 4.74 Å². The number of aryl methyl sites for hydroxylation is 1. The molecule has 0 spiro atoms. The van der Waals surface area contributed by atoms with Crippen LogP contribution in [0.5, 0.6) is 5.75 Å². The number of guanidine groups is 1. The molecule has 0 aromatic heterocycles. The maximum atomic E-state index is 5.61. The summed E-state index contributed by atoms with van der Waals surface area (Å²) in [5, 5.41) is 6.98. The van der Waals surface area contributed by atoms with Gasteiger partial charge in [0.15, 0.2) is 5.96 Å². The summed E-state index contributed by atoms with van der Waals surface area (Å²) in [5.74, 6) is 1.80. The molecule has 0 saturated carbocycles. The van der Waals surface area contributed by atoms with Gasteiger partial charge < -0.3 is 20.3 Å². The molecular formula is C22H30N4O. The summed E-state index contributed by atoms with van der Waals surface area (Å²) in [6, 6.07) is 17.3. The van der Waals surface area contributed by atoms with Gasteiger partial charge in [-0.2, -0.15) is 0 Å². The average molecular weight is 367 g/mol. The molecule has 1 aliphatic heterocycles. The fourth-order valence-electron chi connectivity index (χ4n) is 3.46. The number of benzene rings is 2. The van der Waals surface area contributed by atoms with E-state index < -0.39 is 0 Å². The van der Waals surface area contributed by atoms with Crippen molar-refractivity contribution < 1.29 is 4.74 Å². The summed E-state index contributed by atoms with van der Waals surface area (Å²) in [5.41, 5.74) is 3.67. The van der Waals surface area contributed by atoms with Gasteiger partial charge in [0.05, 0.1) is 6.61 Å². The lowest BCUT2D eigenvalue weighted by atomic mass is 10.1. The lowest BCUT2D eigenvalue weighted by Crippen LogP contribution is -2.44. The normalized spacial score (nSPS) is 17.1. The third-order valence-electron chi connectivity index (χ3n) is 4.87. The van der Waals surface area contributed by atoms with E-state index in [9.17, 15) is 0 Å². The van der Waals surface area contributed by atoms with Gasteiger partial charge >= 0.3 is 0 Å². The molecule has 5 nitrogen and oxygen atoms in total. The first kappa shape index (κ1) is 19.1. The van der Waals surface area contributed by atoms with Crippen LogP contribution in [0.15, 0.2) is 53.5 Å². The van der Waals surface area contributed by atoms with Gasteiger partial charge in [0.25, 0.3) is 0 Å². The highest BCUT2D eigenvalue weighted by Crippen LogP contribution is 2.20. The predicted octanol–water partition coefficient (Wildman–Crippen LogP) is 3.34. The van der Waals surface area contributed by atoms with E-state index in [1.54, 1.807) is 0 Å². The Labute approximate surface area is 162 Å². The number of ether oxygens (including phenoxy) is 1. The summed E-state index contributed by atoms with van der Waals surface area (Å²) < 4.78 is 5.61. The van der Waals surface area contributed by atoms with Crippen LogP contribution in [0.25, 0.3) is 0 Å². The first-order valence-electron chi connectivity index (χ1n) is 9.69. The molecule has 0 aliphatic carbocycles. The molecule has 0 bridgehead atoms. The van der Waals surface area contributed by atoms with Crippen LogP contribution in [0.4, 0.5) is 5.69 Å². The molecule has 144 valence electrons. The highest BCUT2D eigenvalue weighted by Gasteiger charge is 2.23. The van der Waals surface area contributed by atoms with Crippen LogP contribution < -0.4 is 20.3 Å². The quantitative estimate of drug-likeness (QED) is 0.608. The minimum absolute atomic E-state index is 0.401. The molecule has 1 saturated heterocycles. The van der Waals surface area contributed by atoms with Gasteiger partial charge in [0.2, 0.25) is 0 Å². The van der Waals surface area contributed by atoms with E-state index in [0.717, 1.165) is 43.3 Å². The number of nitrogens with zero attached hydrogens (tertiary/aromatic N) is 2. The first-order chi connectivity index (χ1) is 13.2. The molecule has 3 rings (SSSR count). The van der Waals surface area contributed by atoms with Crippen LogP contribution in [0, 0.1) is 6.92 Å². The summed E-state index contributed by atoms with van der Waals surface area (Å²) in [7, 11) is 1.82. The van der Waals surface area contributed by atoms with Crippen molar-refractivity contribution in [3.8, 4) is 5.75 Å². The number of nitrogens with one attached hydrogen (secondary N) is 2. The number of hydrogen-bond acceptors (Lipinski definition) is 3. The van der Waals surface area contributed by atoms with E-state index in [-0.39, 0.29) is 0 Å². The summed E-state index contributed by atoms with van der Waals surface area (Å²) in [6.45, 7) is 7.58. The number of hydrogen-bond donors (Lipinski definition) is 2. The molecule has 1 heterocycles. The molecule has 0 radical (unpaired) electrons. The Bertz CT molecular complexity index is 760. The first-order valence-corrected chi connectivity index (χ1v) is 9.69. The Morgan fingerprint density at radius 1 is 1.22 bits per heavy atom. The van der Waals surface area contributed by atoms with Gasteiger partial charge in [-0.15, -0.1) is 0 Å². The zero-order valence-electron chi connectivity index (χ0n) is 16.5. The van der Waals surface area contributed by atoms with E-state index in [0.29, 0.717) is 12.6 Å². The molecule has 2 aromatic carbocycles. The summed E-state index contributed by atoms with van der Waals surface area (Å²) >= 11 is 0. The van der Waals surface area contributed by atoms with E-state index in [1.165, 1.54) is 11.3 Å². The Kier molecular flexibility index (Phi) is 6.58. The van der Waals surface area contributed by atoms with E-state index in [1.807, 2.05) is 20.0 Å². The molecule has 5 heteroatoms. The van der Waals surface area contributed by atoms with Crippen LogP contribution in [-0.2, 0) is 6.54 Å². The fraction of sp³-hybridized carbons (Fsp3) is 0.409. The largest absolute Gasteiger partial charge is 0.494 e. The maximum absolute atomic E-state index is 5.61. The second-order valence-corrected chi connectivity index (χ2v) is 6.87. The second kappa shape index (κ2) is 9.31. The van der Waals surface area contributed by atoms with Crippen molar-refractivity contribution >= 4 is 11.6 Å². The van der Waals surface area contributed by atoms with Crippen molar-refractivity contribution in [3.63, 3.8) is 0 Å². The van der Waals surface area contributed by atoms with E-state index in [2.05, 4.69) is 69.9 Å². The summed E-state index contributed by atoms with van der Waals surface area (Å²) in [6.07, 6.45) is 1.11. The fourth-order valence-corrected chi connectivity index (χ4v) is 3.46. The number of para-hydroxylation sites is 1. The monoisotopic (exact) mass is 366 g/mol. The lowest BCUT2D eigenvalue weighted by Gasteiger charge is -2.20. The molecule has 1 atom stereocenters. The standard InChI is InChI=1S/C22H30N4O/c1-4-27-21-11-10-18(14-17(21)2)15-24-22(23-3)25-19-12-13-26(16-19)20-8-6-5-7-9-20/h5-11,14,19H,4,12-13,15-16H2,1-3H3,(H2,23,24,25). The molecule has 1 unspecified atom stereocenters. The number of anilines is 1. The molecule has 2 N–H and O–H groups in total. The highest BCUT2D eigenvalue weighted by atomic mass is 16.5. The smallest absolute Gasteiger partial charge is 0.191 e. The Hall–Kier alpha value is -2.69. The maximum Gasteiger partial charge on any atom is 0.191 e. The van der Waals surface area contributed by atoms with Gasteiger partial charge in [0, 0.05) is 38.4 Å². The van der Waals surface area contributed by atoms with Gasteiger partial charge in [0.1, 0.15) is 5.75 Å². The third-order valence-corrected chi connectivity index (χ3v) is 4.87. The SMILES string of the molecule is CCOc1ccc(CNC(=NC)NC2CCN(c3ccccc3)C2)cc1C. The van der Waals surface area contributed by atoms with Gasteiger partial charge in [-0.1, -0.05) is 30.3 Å². The van der Waals surface area contributed by atoms with Crippen LogP contribution in [0.1, 0.15) is 24.5 Å². The van der Waals surface area contributed by atoms with Crippen molar-refractivity contribution in [3.05, 3.63) is 59.7 Å². The Balaban J connectivity index is 1.51. The molecule has 1 fully saturated rings. The minimum Gasteiger partial charge on any atom is -0.494 e. The topological polar surface area (TPSA) is 48.9 Å². The second-order valence-electron chi connectivity index (χ2n) is 6.87. The zero-order chi connectivity index (χ0) is 19.1. The molecule has 0 amide bonds. The van der Waals surface area contributed by atoms with Crippen molar-refractivity contribution in [1.29, 1.82) is 0 Å². The zero-order valence-corrected chi connectivity index (χ0v) is 16.5. The van der Waals surface area contributed by atoms with Crippen molar-refractivity contribution in [1.82, 2.24) is 10.6 Å². The number of rotatable bonds is 6. The Morgan fingerprint density at radius 3 is 2.74 bits per heavy atom. The van der Waals surface area contributed by atoms with Crippen LogP contribution >= 0.6 is 0 Å². The minimum atomic E-state index is 0.401. The van der Waals surface area contributed by atoms with Gasteiger partial charge in [-0.25, -0.2) is 0 Å². The van der Waals surface area contributed by atoms with Gasteiger partial charge in [-0.05, 0) is 49.6 Å². The summed E-state index contributed by atoms with van der Waals surface area (Å²) in [4.78, 5) is 6.80. The van der Waals surface area contributed by atoms with Crippen LogP contribution in [0.2, 0.25) is 0 Å². The molecule has 1 aliphatic rings.